The summed E-state index contributed by atoms with van der Waals surface area (Å²) in [5.41, 5.74) is 2.56. The van der Waals surface area contributed by atoms with Crippen LogP contribution >= 0.6 is 24.0 Å². The molecule has 1 unspecified atom stereocenters. The zero-order chi connectivity index (χ0) is 19.2. The molecule has 1 aliphatic heterocycles. The van der Waals surface area contributed by atoms with Crippen LogP contribution in [0.4, 0.5) is 0 Å². The van der Waals surface area contributed by atoms with E-state index in [4.69, 9.17) is 0 Å². The molecule has 1 saturated heterocycles. The van der Waals surface area contributed by atoms with Crippen LogP contribution in [-0.4, -0.2) is 52.9 Å². The number of likely N-dealkylation sites (tertiary alicyclic amines) is 1. The Labute approximate surface area is 191 Å². The highest BCUT2D eigenvalue weighted by atomic mass is 127. The van der Waals surface area contributed by atoms with Crippen LogP contribution < -0.4 is 10.6 Å². The summed E-state index contributed by atoms with van der Waals surface area (Å²) in [6, 6.07) is 11.8. The molecule has 1 atom stereocenters. The van der Waals surface area contributed by atoms with Gasteiger partial charge in [0, 0.05) is 51.2 Å². The predicted molar refractivity (Wildman–Crippen MR) is 129 cm³/mol. The van der Waals surface area contributed by atoms with Crippen LogP contribution in [0, 0.1) is 0 Å². The van der Waals surface area contributed by atoms with Gasteiger partial charge in [-0.15, -0.1) is 24.0 Å². The fourth-order valence-electron chi connectivity index (χ4n) is 4.53. The summed E-state index contributed by atoms with van der Waals surface area (Å²) in [5, 5.41) is 11.5. The Bertz CT molecular complexity index is 769. The van der Waals surface area contributed by atoms with E-state index in [2.05, 4.69) is 49.9 Å². The highest BCUT2D eigenvalue weighted by molar-refractivity contribution is 14.0. The average Bonchev–Trinajstić information content (AvgIpc) is 3.48. The van der Waals surface area contributed by atoms with E-state index in [0.29, 0.717) is 6.04 Å². The highest BCUT2D eigenvalue weighted by Gasteiger charge is 2.30. The lowest BCUT2D eigenvalue weighted by Gasteiger charge is -2.24. The van der Waals surface area contributed by atoms with Gasteiger partial charge >= 0.3 is 0 Å². The molecule has 2 aliphatic rings. The fraction of sp³-hybridized carbons (Fsp3) is 0.545. The maximum Gasteiger partial charge on any atom is 0.191 e. The van der Waals surface area contributed by atoms with E-state index >= 15 is 0 Å². The van der Waals surface area contributed by atoms with E-state index in [1.54, 1.807) is 0 Å². The third-order valence-electron chi connectivity index (χ3n) is 6.08. The molecule has 2 aromatic rings. The van der Waals surface area contributed by atoms with Gasteiger partial charge in [0.15, 0.2) is 5.96 Å². The van der Waals surface area contributed by atoms with Crippen LogP contribution in [0.3, 0.4) is 0 Å². The Kier molecular flexibility index (Phi) is 8.35. The van der Waals surface area contributed by atoms with Gasteiger partial charge in [-0.3, -0.25) is 14.6 Å². The maximum absolute atomic E-state index is 4.45. The lowest BCUT2D eigenvalue weighted by atomic mass is 10.1. The lowest BCUT2D eigenvalue weighted by molar-refractivity contribution is 0.242. The van der Waals surface area contributed by atoms with Crippen molar-refractivity contribution < 1.29 is 0 Å². The van der Waals surface area contributed by atoms with Crippen LogP contribution in [-0.2, 0) is 13.1 Å². The highest BCUT2D eigenvalue weighted by Crippen LogP contribution is 2.26. The molecule has 0 radical (unpaired) electrons. The molecule has 7 heteroatoms. The Morgan fingerprint density at radius 2 is 1.93 bits per heavy atom. The van der Waals surface area contributed by atoms with Gasteiger partial charge in [0.2, 0.25) is 0 Å². The minimum Gasteiger partial charge on any atom is -0.352 e. The molecule has 2 fully saturated rings. The van der Waals surface area contributed by atoms with Gasteiger partial charge in [0.05, 0.1) is 6.54 Å². The molecule has 6 nitrogen and oxygen atoms in total. The van der Waals surface area contributed by atoms with Gasteiger partial charge in [0.1, 0.15) is 0 Å². The normalized spacial score (nSPS) is 20.6. The van der Waals surface area contributed by atoms with E-state index in [1.807, 2.05) is 30.2 Å². The second kappa shape index (κ2) is 11.0. The number of aromatic nitrogens is 2. The zero-order valence-electron chi connectivity index (χ0n) is 17.3. The number of guanidine groups is 1. The van der Waals surface area contributed by atoms with Crippen molar-refractivity contribution in [2.45, 2.75) is 57.3 Å². The number of aliphatic imine (C=N–C) groups is 1. The zero-order valence-corrected chi connectivity index (χ0v) is 19.6. The molecule has 0 bridgehead atoms. The van der Waals surface area contributed by atoms with Gasteiger partial charge in [-0.2, -0.15) is 5.10 Å². The third kappa shape index (κ3) is 5.94. The first-order valence-electron chi connectivity index (χ1n) is 10.6. The molecule has 1 saturated carbocycles. The Balaban J connectivity index is 0.00000240. The quantitative estimate of drug-likeness (QED) is 0.358. The molecular weight excluding hydrogens is 475 g/mol. The lowest BCUT2D eigenvalue weighted by Crippen LogP contribution is -2.45. The monoisotopic (exact) mass is 508 g/mol. The Morgan fingerprint density at radius 3 is 2.66 bits per heavy atom. The van der Waals surface area contributed by atoms with Crippen LogP contribution in [0.15, 0.2) is 47.7 Å². The van der Waals surface area contributed by atoms with Gasteiger partial charge in [0.25, 0.3) is 0 Å². The second-order valence-corrected chi connectivity index (χ2v) is 7.96. The van der Waals surface area contributed by atoms with E-state index in [0.717, 1.165) is 31.6 Å². The van der Waals surface area contributed by atoms with Gasteiger partial charge < -0.3 is 10.6 Å². The third-order valence-corrected chi connectivity index (χ3v) is 6.08. The number of halogens is 1. The van der Waals surface area contributed by atoms with Crippen molar-refractivity contribution in [1.82, 2.24) is 25.3 Å². The molecule has 1 aliphatic carbocycles. The van der Waals surface area contributed by atoms with Crippen LogP contribution in [0.25, 0.3) is 0 Å². The fourth-order valence-corrected chi connectivity index (χ4v) is 4.53. The largest absolute Gasteiger partial charge is 0.352 e. The summed E-state index contributed by atoms with van der Waals surface area (Å²) in [6.07, 6.45) is 10.6. The number of nitrogens with one attached hydrogen (secondary N) is 2. The molecule has 2 N–H and O–H groups in total. The summed E-state index contributed by atoms with van der Waals surface area (Å²) in [6.45, 7) is 3.90. The van der Waals surface area contributed by atoms with Crippen molar-refractivity contribution in [3.05, 3.63) is 53.9 Å². The minimum absolute atomic E-state index is 0. The number of benzene rings is 1. The number of hydrogen-bond acceptors (Lipinski definition) is 3. The number of nitrogens with zero attached hydrogens (tertiary/aromatic N) is 4. The molecule has 158 valence electrons. The predicted octanol–water partition coefficient (Wildman–Crippen LogP) is 3.23. The molecule has 29 heavy (non-hydrogen) atoms. The number of hydrogen-bond donors (Lipinski definition) is 2. The van der Waals surface area contributed by atoms with E-state index in [-0.39, 0.29) is 24.0 Å². The van der Waals surface area contributed by atoms with Crippen molar-refractivity contribution >= 4 is 29.9 Å². The maximum atomic E-state index is 4.45. The van der Waals surface area contributed by atoms with E-state index in [9.17, 15) is 0 Å². The summed E-state index contributed by atoms with van der Waals surface area (Å²) < 4.78 is 1.96. The molecule has 1 aromatic heterocycles. The molecule has 1 aromatic carbocycles. The summed E-state index contributed by atoms with van der Waals surface area (Å²) in [4.78, 5) is 7.13. The van der Waals surface area contributed by atoms with E-state index < -0.39 is 0 Å². The summed E-state index contributed by atoms with van der Waals surface area (Å²) >= 11 is 0. The van der Waals surface area contributed by atoms with Crippen LogP contribution in [0.5, 0.6) is 0 Å². The van der Waals surface area contributed by atoms with Gasteiger partial charge in [-0.05, 0) is 36.5 Å². The smallest absolute Gasteiger partial charge is 0.191 e. The van der Waals surface area contributed by atoms with Crippen molar-refractivity contribution in [2.75, 3.05) is 20.1 Å². The molecule has 0 amide bonds. The SMILES string of the molecule is CN=C(NCc1ccccc1Cn1cccn1)NC1CCN(C2CCCC2)C1.I. The summed E-state index contributed by atoms with van der Waals surface area (Å²) in [7, 11) is 1.86. The van der Waals surface area contributed by atoms with Crippen molar-refractivity contribution in [2.24, 2.45) is 4.99 Å². The standard InChI is InChI=1S/C22H32N6.HI/c1-23-22(26-20-11-14-27(17-20)21-9-4-5-10-21)24-15-18-7-2-3-8-19(18)16-28-13-6-12-25-28;/h2-3,6-8,12-13,20-21H,4-5,9-11,14-17H2,1H3,(H2,23,24,26);1H. The van der Waals surface area contributed by atoms with Crippen molar-refractivity contribution in [3.63, 3.8) is 0 Å². The topological polar surface area (TPSA) is 57.5 Å². The first-order valence-corrected chi connectivity index (χ1v) is 10.6. The second-order valence-electron chi connectivity index (χ2n) is 7.96. The van der Waals surface area contributed by atoms with Gasteiger partial charge in [-0.25, -0.2) is 0 Å². The van der Waals surface area contributed by atoms with Crippen LogP contribution in [0.2, 0.25) is 0 Å². The average molecular weight is 508 g/mol. The first-order chi connectivity index (χ1) is 13.8. The molecular formula is C22H33IN6. The Hall–Kier alpha value is -1.61. The van der Waals surface area contributed by atoms with E-state index in [1.165, 1.54) is 49.8 Å². The first kappa shape index (κ1) is 22.1. The van der Waals surface area contributed by atoms with Crippen LogP contribution in [0.1, 0.15) is 43.2 Å². The minimum atomic E-state index is 0. The Morgan fingerprint density at radius 1 is 1.14 bits per heavy atom. The van der Waals surface area contributed by atoms with Crippen molar-refractivity contribution in [3.8, 4) is 0 Å². The number of rotatable bonds is 6. The molecule has 0 spiro atoms. The van der Waals surface area contributed by atoms with Crippen molar-refractivity contribution in [1.29, 1.82) is 0 Å². The molecule has 4 rings (SSSR count). The van der Waals surface area contributed by atoms with Gasteiger partial charge in [-0.1, -0.05) is 37.1 Å². The molecule has 2 heterocycles. The summed E-state index contributed by atoms with van der Waals surface area (Å²) in [5.74, 6) is 0.896.